The van der Waals surface area contributed by atoms with Crippen LogP contribution in [0, 0.1) is 5.92 Å². The summed E-state index contributed by atoms with van der Waals surface area (Å²) in [5.41, 5.74) is 0. The molecule has 0 aromatic heterocycles. The standard InChI is InChI=1S/C10H15NO3/c1-14-10(13)8-4-5-11(6-9(8)12)7-2-3-7/h7-8H,2-6H2,1H3. The molecular formula is C10H15NO3. The maximum absolute atomic E-state index is 11.6. The summed E-state index contributed by atoms with van der Waals surface area (Å²) in [6.45, 7) is 1.29. The summed E-state index contributed by atoms with van der Waals surface area (Å²) in [4.78, 5) is 25.0. The molecule has 1 saturated heterocycles. The fraction of sp³-hybridized carbons (Fsp3) is 0.800. The van der Waals surface area contributed by atoms with Crippen LogP contribution >= 0.6 is 0 Å². The van der Waals surface area contributed by atoms with Crippen molar-refractivity contribution in [2.75, 3.05) is 20.2 Å². The number of piperidine rings is 1. The summed E-state index contributed by atoms with van der Waals surface area (Å²) in [6, 6.07) is 0.609. The van der Waals surface area contributed by atoms with Gasteiger partial charge in [-0.1, -0.05) is 0 Å². The Morgan fingerprint density at radius 2 is 2.14 bits per heavy atom. The Labute approximate surface area is 83.2 Å². The SMILES string of the molecule is COC(=O)C1CCN(C2CC2)CC1=O. The van der Waals surface area contributed by atoms with Crippen LogP contribution in [0.3, 0.4) is 0 Å². The monoisotopic (exact) mass is 197 g/mol. The Hall–Kier alpha value is -0.900. The van der Waals surface area contributed by atoms with Crippen molar-refractivity contribution in [3.8, 4) is 0 Å². The molecule has 0 spiro atoms. The molecule has 0 N–H and O–H groups in total. The molecule has 0 amide bonds. The lowest BCUT2D eigenvalue weighted by atomic mass is 9.95. The van der Waals surface area contributed by atoms with Crippen molar-refractivity contribution in [2.24, 2.45) is 5.92 Å². The first-order valence-electron chi connectivity index (χ1n) is 5.07. The molecule has 1 atom stereocenters. The molecule has 4 heteroatoms. The van der Waals surface area contributed by atoms with E-state index in [0.717, 1.165) is 6.54 Å². The smallest absolute Gasteiger partial charge is 0.316 e. The molecule has 0 aromatic carbocycles. The summed E-state index contributed by atoms with van der Waals surface area (Å²) in [6.07, 6.45) is 3.04. The topological polar surface area (TPSA) is 46.6 Å². The molecule has 78 valence electrons. The summed E-state index contributed by atoms with van der Waals surface area (Å²) in [5.74, 6) is -0.851. The van der Waals surface area contributed by atoms with Crippen LogP contribution in [0.4, 0.5) is 0 Å². The second kappa shape index (κ2) is 3.69. The van der Waals surface area contributed by atoms with Gasteiger partial charge in [0.2, 0.25) is 0 Å². The lowest BCUT2D eigenvalue weighted by Gasteiger charge is -2.29. The third-order valence-corrected chi connectivity index (χ3v) is 3.00. The highest BCUT2D eigenvalue weighted by Crippen LogP contribution is 2.29. The van der Waals surface area contributed by atoms with Gasteiger partial charge in [0, 0.05) is 12.6 Å². The first kappa shape index (κ1) is 9.65. The zero-order valence-electron chi connectivity index (χ0n) is 8.36. The van der Waals surface area contributed by atoms with Gasteiger partial charge in [-0.2, -0.15) is 0 Å². The van der Waals surface area contributed by atoms with Gasteiger partial charge in [-0.25, -0.2) is 0 Å². The van der Waals surface area contributed by atoms with Crippen molar-refractivity contribution >= 4 is 11.8 Å². The van der Waals surface area contributed by atoms with Crippen LogP contribution in [0.2, 0.25) is 0 Å². The van der Waals surface area contributed by atoms with E-state index in [9.17, 15) is 9.59 Å². The Kier molecular flexibility index (Phi) is 2.54. The average molecular weight is 197 g/mol. The van der Waals surface area contributed by atoms with Gasteiger partial charge in [0.1, 0.15) is 5.92 Å². The van der Waals surface area contributed by atoms with Gasteiger partial charge in [0.25, 0.3) is 0 Å². The Morgan fingerprint density at radius 3 is 2.64 bits per heavy atom. The number of nitrogens with zero attached hydrogens (tertiary/aromatic N) is 1. The van der Waals surface area contributed by atoms with Gasteiger partial charge in [0.05, 0.1) is 13.7 Å². The molecule has 1 aliphatic carbocycles. The van der Waals surface area contributed by atoms with Crippen LogP contribution in [0.1, 0.15) is 19.3 Å². The molecule has 1 saturated carbocycles. The maximum atomic E-state index is 11.6. The van der Waals surface area contributed by atoms with Crippen LogP contribution < -0.4 is 0 Å². The van der Waals surface area contributed by atoms with E-state index in [-0.39, 0.29) is 11.8 Å². The van der Waals surface area contributed by atoms with Crippen LogP contribution in [-0.2, 0) is 14.3 Å². The highest BCUT2D eigenvalue weighted by molar-refractivity contribution is 6.00. The molecule has 1 unspecified atom stereocenters. The van der Waals surface area contributed by atoms with E-state index in [1.54, 1.807) is 0 Å². The molecule has 2 aliphatic rings. The predicted molar refractivity (Wildman–Crippen MR) is 49.7 cm³/mol. The minimum Gasteiger partial charge on any atom is -0.468 e. The Balaban J connectivity index is 1.92. The number of ketones is 1. The van der Waals surface area contributed by atoms with Crippen molar-refractivity contribution in [1.82, 2.24) is 4.90 Å². The van der Waals surface area contributed by atoms with Gasteiger partial charge >= 0.3 is 5.97 Å². The maximum Gasteiger partial charge on any atom is 0.316 e. The zero-order valence-corrected chi connectivity index (χ0v) is 8.36. The Morgan fingerprint density at radius 1 is 1.43 bits per heavy atom. The molecule has 1 aliphatic heterocycles. The quantitative estimate of drug-likeness (QED) is 0.469. The number of hydrogen-bond donors (Lipinski definition) is 0. The van der Waals surface area contributed by atoms with Gasteiger partial charge in [-0.3, -0.25) is 14.5 Å². The summed E-state index contributed by atoms with van der Waals surface area (Å²) >= 11 is 0. The third kappa shape index (κ3) is 1.80. The molecule has 0 aromatic rings. The van der Waals surface area contributed by atoms with E-state index in [2.05, 4.69) is 9.64 Å². The van der Waals surface area contributed by atoms with E-state index in [1.807, 2.05) is 0 Å². The molecule has 2 rings (SSSR count). The fourth-order valence-corrected chi connectivity index (χ4v) is 1.99. The van der Waals surface area contributed by atoms with Crippen LogP contribution in [0.25, 0.3) is 0 Å². The number of methoxy groups -OCH3 is 1. The second-order valence-corrected chi connectivity index (χ2v) is 4.03. The van der Waals surface area contributed by atoms with Gasteiger partial charge in [-0.05, 0) is 19.3 Å². The highest BCUT2D eigenvalue weighted by atomic mass is 16.5. The van der Waals surface area contributed by atoms with E-state index in [1.165, 1.54) is 20.0 Å². The van der Waals surface area contributed by atoms with Crippen molar-refractivity contribution < 1.29 is 14.3 Å². The van der Waals surface area contributed by atoms with E-state index in [0.29, 0.717) is 19.0 Å². The minimum absolute atomic E-state index is 0.0231. The number of likely N-dealkylation sites (tertiary alicyclic amines) is 1. The molecule has 0 bridgehead atoms. The number of rotatable bonds is 2. The van der Waals surface area contributed by atoms with Crippen LogP contribution in [-0.4, -0.2) is 42.9 Å². The number of esters is 1. The summed E-state index contributed by atoms with van der Waals surface area (Å²) in [5, 5.41) is 0. The zero-order chi connectivity index (χ0) is 10.1. The number of hydrogen-bond acceptors (Lipinski definition) is 4. The number of carbonyl (C=O) groups is 2. The van der Waals surface area contributed by atoms with E-state index >= 15 is 0 Å². The van der Waals surface area contributed by atoms with Crippen LogP contribution in [0.15, 0.2) is 0 Å². The first-order valence-corrected chi connectivity index (χ1v) is 5.07. The van der Waals surface area contributed by atoms with E-state index in [4.69, 9.17) is 0 Å². The summed E-state index contributed by atoms with van der Waals surface area (Å²) in [7, 11) is 1.34. The lowest BCUT2D eigenvalue weighted by molar-refractivity contribution is -0.151. The highest BCUT2D eigenvalue weighted by Gasteiger charge is 2.38. The lowest BCUT2D eigenvalue weighted by Crippen LogP contribution is -2.44. The van der Waals surface area contributed by atoms with Crippen molar-refractivity contribution in [1.29, 1.82) is 0 Å². The van der Waals surface area contributed by atoms with Gasteiger partial charge in [-0.15, -0.1) is 0 Å². The van der Waals surface area contributed by atoms with Gasteiger partial charge in [0.15, 0.2) is 5.78 Å². The predicted octanol–water partition coefficient (Wildman–Crippen LogP) is 0.213. The normalized spacial score (nSPS) is 28.9. The third-order valence-electron chi connectivity index (χ3n) is 3.00. The molecule has 4 nitrogen and oxygen atoms in total. The van der Waals surface area contributed by atoms with Crippen LogP contribution in [0.5, 0.6) is 0 Å². The number of ether oxygens (including phenoxy) is 1. The van der Waals surface area contributed by atoms with Crippen molar-refractivity contribution in [3.63, 3.8) is 0 Å². The molecule has 2 fully saturated rings. The summed E-state index contributed by atoms with van der Waals surface area (Å²) < 4.78 is 4.59. The largest absolute Gasteiger partial charge is 0.468 e. The number of Topliss-reactive ketones (excluding diaryl/α,β-unsaturated/α-hetero) is 1. The minimum atomic E-state index is -0.505. The van der Waals surface area contributed by atoms with Crippen molar-refractivity contribution in [2.45, 2.75) is 25.3 Å². The van der Waals surface area contributed by atoms with Crippen molar-refractivity contribution in [3.05, 3.63) is 0 Å². The second-order valence-electron chi connectivity index (χ2n) is 4.03. The fourth-order valence-electron chi connectivity index (χ4n) is 1.99. The van der Waals surface area contributed by atoms with Gasteiger partial charge < -0.3 is 4.74 Å². The molecular weight excluding hydrogens is 182 g/mol. The average Bonchev–Trinajstić information content (AvgIpc) is 3.00. The Bertz CT molecular complexity index is 260. The van der Waals surface area contributed by atoms with E-state index < -0.39 is 5.92 Å². The molecule has 1 heterocycles. The first-order chi connectivity index (χ1) is 6.72. The molecule has 0 radical (unpaired) electrons. The number of carbonyl (C=O) groups excluding carboxylic acids is 2. The molecule has 14 heavy (non-hydrogen) atoms.